The normalized spacial score (nSPS) is 13.6. The van der Waals surface area contributed by atoms with Crippen LogP contribution in [0.3, 0.4) is 0 Å². The average Bonchev–Trinajstić information content (AvgIpc) is 4.22. The number of aromatic nitrogens is 4. The molecule has 10 rings (SSSR count). The highest BCUT2D eigenvalue weighted by atomic mass is 16.5. The molecule has 2 aliphatic rings. The van der Waals surface area contributed by atoms with Gasteiger partial charge >= 0.3 is 11.9 Å². The van der Waals surface area contributed by atoms with E-state index in [9.17, 15) is 14.7 Å². The molecule has 0 amide bonds. The molecule has 8 aromatic rings. The Labute approximate surface area is 343 Å². The van der Waals surface area contributed by atoms with Crippen LogP contribution in [0.15, 0.2) is 134 Å². The molecule has 0 aliphatic heterocycles. The maximum atomic E-state index is 12.4. The lowest BCUT2D eigenvalue weighted by Crippen LogP contribution is -2.09. The molecule has 2 fully saturated rings. The van der Waals surface area contributed by atoms with Crippen molar-refractivity contribution in [2.45, 2.75) is 50.4 Å². The number of aromatic carboxylic acids is 1. The van der Waals surface area contributed by atoms with E-state index in [4.69, 9.17) is 4.74 Å². The van der Waals surface area contributed by atoms with Crippen molar-refractivity contribution in [1.29, 1.82) is 0 Å². The van der Waals surface area contributed by atoms with E-state index in [0.717, 1.165) is 46.3 Å². The first-order chi connectivity index (χ1) is 28.7. The molecule has 0 radical (unpaired) electrons. The second kappa shape index (κ2) is 15.9. The molecule has 1 N–H and O–H groups in total. The fraction of sp³-hybridized carbons (Fsp3) is 0.216. The summed E-state index contributed by atoms with van der Waals surface area (Å²) in [5.74, 6) is -0.176. The Kier molecular flexibility index (Phi) is 10.1. The number of pyridine rings is 2. The molecule has 8 nitrogen and oxygen atoms in total. The van der Waals surface area contributed by atoms with Gasteiger partial charge in [-0.3, -0.25) is 9.97 Å². The van der Waals surface area contributed by atoms with Crippen LogP contribution in [0.25, 0.3) is 44.1 Å². The summed E-state index contributed by atoms with van der Waals surface area (Å²) >= 11 is 0. The Morgan fingerprint density at radius 3 is 1.49 bits per heavy atom. The quantitative estimate of drug-likeness (QED) is 0.139. The van der Waals surface area contributed by atoms with E-state index in [0.29, 0.717) is 41.5 Å². The minimum absolute atomic E-state index is 0.314. The van der Waals surface area contributed by atoms with E-state index in [1.807, 2.05) is 55.8 Å². The number of nitrogens with zero attached hydrogens (tertiary/aromatic N) is 4. The highest BCUT2D eigenvalue weighted by Crippen LogP contribution is 2.41. The number of rotatable bonds is 10. The SMILES string of the molecule is COC(=O)c1cc(C2CC2)cnc1Cc1ccc2c(-c3ccccc3)cn(C)c2c1.Cn1cc(-c2ccccc2)c2ccc(Cc3ncc(C4CC4)cc3C(=O)O)cc21. The first-order valence-electron chi connectivity index (χ1n) is 20.3. The maximum Gasteiger partial charge on any atom is 0.339 e. The zero-order valence-corrected chi connectivity index (χ0v) is 33.6. The van der Waals surface area contributed by atoms with Crippen LogP contribution in [0.2, 0.25) is 0 Å². The van der Waals surface area contributed by atoms with Crippen LogP contribution in [0.5, 0.6) is 0 Å². The summed E-state index contributed by atoms with van der Waals surface area (Å²) in [7, 11) is 5.54. The van der Waals surface area contributed by atoms with Gasteiger partial charge in [-0.25, -0.2) is 9.59 Å². The molecule has 0 unspecified atom stereocenters. The van der Waals surface area contributed by atoms with Crippen LogP contribution in [-0.2, 0) is 31.7 Å². The van der Waals surface area contributed by atoms with Crippen molar-refractivity contribution >= 4 is 33.7 Å². The van der Waals surface area contributed by atoms with Gasteiger partial charge in [0, 0.05) is 84.7 Å². The number of aryl methyl sites for hydroxylation is 2. The highest BCUT2D eigenvalue weighted by molar-refractivity contribution is 5.98. The number of benzene rings is 4. The van der Waals surface area contributed by atoms with Gasteiger partial charge in [-0.2, -0.15) is 0 Å². The lowest BCUT2D eigenvalue weighted by atomic mass is 10.00. The summed E-state index contributed by atoms with van der Waals surface area (Å²) in [4.78, 5) is 33.3. The molecule has 4 aromatic carbocycles. The van der Waals surface area contributed by atoms with Crippen LogP contribution in [0.1, 0.15) is 91.9 Å². The second-order valence-corrected chi connectivity index (χ2v) is 16.0. The smallest absolute Gasteiger partial charge is 0.339 e. The monoisotopic (exact) mass is 778 g/mol. The summed E-state index contributed by atoms with van der Waals surface area (Å²) < 4.78 is 9.32. The molecule has 294 valence electrons. The number of methoxy groups -OCH3 is 1. The molecule has 2 saturated carbocycles. The number of ether oxygens (including phenoxy) is 1. The molecule has 4 heterocycles. The predicted molar refractivity (Wildman–Crippen MR) is 233 cm³/mol. The van der Waals surface area contributed by atoms with Crippen molar-refractivity contribution in [3.63, 3.8) is 0 Å². The summed E-state index contributed by atoms with van der Waals surface area (Å²) in [5.41, 5.74) is 13.8. The first-order valence-corrected chi connectivity index (χ1v) is 20.3. The Balaban J connectivity index is 0.000000152. The number of carbonyl (C=O) groups excluding carboxylic acids is 1. The molecule has 4 aromatic heterocycles. The third kappa shape index (κ3) is 7.91. The summed E-state index contributed by atoms with van der Waals surface area (Å²) in [6.45, 7) is 0. The summed E-state index contributed by atoms with van der Waals surface area (Å²) in [6, 6.07) is 37.4. The van der Waals surface area contributed by atoms with Crippen molar-refractivity contribution in [2.75, 3.05) is 7.11 Å². The van der Waals surface area contributed by atoms with Crippen molar-refractivity contribution in [2.24, 2.45) is 14.1 Å². The largest absolute Gasteiger partial charge is 0.478 e. The summed E-state index contributed by atoms with van der Waals surface area (Å²) in [6.07, 6.45) is 13.8. The van der Waals surface area contributed by atoms with Gasteiger partial charge in [0.05, 0.1) is 29.6 Å². The molecule has 0 spiro atoms. The third-order valence-electron chi connectivity index (χ3n) is 11.7. The molecule has 8 heteroatoms. The second-order valence-electron chi connectivity index (χ2n) is 16.0. The number of hydrogen-bond acceptors (Lipinski definition) is 5. The van der Waals surface area contributed by atoms with Crippen molar-refractivity contribution in [1.82, 2.24) is 19.1 Å². The third-order valence-corrected chi connectivity index (χ3v) is 11.7. The Hall–Kier alpha value is -6.80. The van der Waals surface area contributed by atoms with Gasteiger partial charge in [0.25, 0.3) is 0 Å². The minimum Gasteiger partial charge on any atom is -0.478 e. The molecular formula is C51H46N4O4. The Morgan fingerprint density at radius 2 is 1.07 bits per heavy atom. The van der Waals surface area contributed by atoms with Gasteiger partial charge in [0.15, 0.2) is 0 Å². The van der Waals surface area contributed by atoms with E-state index < -0.39 is 5.97 Å². The number of esters is 1. The van der Waals surface area contributed by atoms with Crippen LogP contribution >= 0.6 is 0 Å². The fourth-order valence-corrected chi connectivity index (χ4v) is 8.21. The average molecular weight is 779 g/mol. The van der Waals surface area contributed by atoms with Gasteiger partial charge < -0.3 is 19.0 Å². The molecule has 59 heavy (non-hydrogen) atoms. The highest BCUT2D eigenvalue weighted by Gasteiger charge is 2.27. The van der Waals surface area contributed by atoms with Crippen molar-refractivity contribution in [3.05, 3.63) is 179 Å². The maximum absolute atomic E-state index is 12.4. The van der Waals surface area contributed by atoms with Crippen molar-refractivity contribution in [3.8, 4) is 22.3 Å². The van der Waals surface area contributed by atoms with E-state index in [1.54, 1.807) is 0 Å². The standard InChI is InChI=1S/C26H24N2O2.C25H22N2O2/c1-28-16-23(19-6-4-3-5-7-19)21-11-8-17(13-25(21)28)12-24-22(26(29)30-2)14-20(15-27-24)18-9-10-18;1-27-15-22(18-5-3-2-4-6-18)20-10-7-16(12-24(20)27)11-23-21(25(28)29)13-19(14-26-23)17-8-9-17/h3-8,11,13-16,18H,9-10,12H2,1-2H3;2-7,10,12-15,17H,8-9,11H2,1H3,(H,28,29). The van der Waals surface area contributed by atoms with E-state index in [1.165, 1.54) is 58.5 Å². The van der Waals surface area contributed by atoms with Gasteiger partial charge in [0.2, 0.25) is 0 Å². The van der Waals surface area contributed by atoms with Crippen LogP contribution in [0.4, 0.5) is 0 Å². The number of carbonyl (C=O) groups is 2. The number of carboxylic acid groups (broad SMARTS) is 1. The van der Waals surface area contributed by atoms with E-state index in [2.05, 4.69) is 111 Å². The van der Waals surface area contributed by atoms with Crippen molar-refractivity contribution < 1.29 is 19.4 Å². The van der Waals surface area contributed by atoms with Gasteiger partial charge in [-0.05, 0) is 95.2 Å². The molecular weight excluding hydrogens is 733 g/mol. The van der Waals surface area contributed by atoms with Crippen LogP contribution in [0, 0.1) is 0 Å². The van der Waals surface area contributed by atoms with E-state index >= 15 is 0 Å². The minimum atomic E-state index is -0.902. The Morgan fingerprint density at radius 1 is 0.627 bits per heavy atom. The molecule has 0 bridgehead atoms. The lowest BCUT2D eigenvalue weighted by Gasteiger charge is -2.10. The molecule has 2 aliphatic carbocycles. The number of fused-ring (bicyclic) bond motifs is 2. The topological polar surface area (TPSA) is 99.2 Å². The molecule has 0 atom stereocenters. The van der Waals surface area contributed by atoms with Crippen LogP contribution < -0.4 is 0 Å². The predicted octanol–water partition coefficient (Wildman–Crippen LogP) is 10.9. The Bertz CT molecular complexity index is 2850. The first kappa shape index (κ1) is 37.8. The number of hydrogen-bond donors (Lipinski definition) is 1. The molecule has 0 saturated heterocycles. The van der Waals surface area contributed by atoms with Gasteiger partial charge in [0.1, 0.15) is 0 Å². The van der Waals surface area contributed by atoms with Crippen LogP contribution in [-0.4, -0.2) is 43.3 Å². The van der Waals surface area contributed by atoms with Gasteiger partial charge in [-0.1, -0.05) is 84.9 Å². The fourth-order valence-electron chi connectivity index (χ4n) is 8.21. The zero-order chi connectivity index (χ0) is 40.6. The number of carboxylic acids is 1. The van der Waals surface area contributed by atoms with Gasteiger partial charge in [-0.15, -0.1) is 0 Å². The lowest BCUT2D eigenvalue weighted by molar-refractivity contribution is 0.0598. The zero-order valence-electron chi connectivity index (χ0n) is 33.6. The van der Waals surface area contributed by atoms with E-state index in [-0.39, 0.29) is 5.97 Å². The summed E-state index contributed by atoms with van der Waals surface area (Å²) in [5, 5.41) is 12.1.